The summed E-state index contributed by atoms with van der Waals surface area (Å²) in [5.41, 5.74) is 2.00. The topological polar surface area (TPSA) is 112 Å². The van der Waals surface area contributed by atoms with Crippen LogP contribution in [0.4, 0.5) is 0 Å². The number of halogens is 2. The number of carboxylic acid groups (broad SMARTS) is 1. The Kier molecular flexibility index (Phi) is 9.99. The summed E-state index contributed by atoms with van der Waals surface area (Å²) in [7, 11) is 0. The summed E-state index contributed by atoms with van der Waals surface area (Å²) in [6.07, 6.45) is 8.19. The molecule has 2 amide bonds. The van der Waals surface area contributed by atoms with E-state index in [1.165, 1.54) is 0 Å². The smallest absolute Gasteiger partial charge is 0.290 e. The van der Waals surface area contributed by atoms with E-state index in [1.54, 1.807) is 24.4 Å². The second kappa shape index (κ2) is 13.1. The van der Waals surface area contributed by atoms with Crippen LogP contribution < -0.4 is 5.32 Å². The van der Waals surface area contributed by atoms with Gasteiger partial charge in [0.15, 0.2) is 0 Å². The van der Waals surface area contributed by atoms with E-state index in [2.05, 4.69) is 26.1 Å². The van der Waals surface area contributed by atoms with Gasteiger partial charge in [-0.3, -0.25) is 24.4 Å². The first-order valence-electron chi connectivity index (χ1n) is 14.7. The van der Waals surface area contributed by atoms with E-state index in [0.29, 0.717) is 45.3 Å². The number of benzene rings is 1. The standard InChI is InChI=1S/C31H38Cl2N4O2.CH2O2/c1-5-14-34-28(38)20-8-9-25(35-18-20)27(19-6-7-19)37-29(39)26(21-15-23(32)17-24(33)16-21)36-31(37)12-10-22(11-13-31)30(2,3)4;2-1-3/h8-9,15-19,22,27H,5-7,10-14H2,1-4H3,(H,34,38);1H,(H,2,3). The first-order chi connectivity index (χ1) is 19.9. The van der Waals surface area contributed by atoms with Crippen molar-refractivity contribution in [3.63, 3.8) is 0 Å². The van der Waals surface area contributed by atoms with Gasteiger partial charge in [-0.15, -0.1) is 0 Å². The fourth-order valence-electron chi connectivity index (χ4n) is 6.23. The average molecular weight is 616 g/mol. The van der Waals surface area contributed by atoms with Crippen molar-refractivity contribution in [1.82, 2.24) is 15.2 Å². The molecule has 2 N–H and O–H groups in total. The van der Waals surface area contributed by atoms with Crippen LogP contribution in [-0.4, -0.2) is 51.2 Å². The highest BCUT2D eigenvalue weighted by atomic mass is 35.5. The molecule has 5 rings (SSSR count). The van der Waals surface area contributed by atoms with Crippen LogP contribution in [0.15, 0.2) is 41.5 Å². The molecule has 1 aromatic carbocycles. The highest BCUT2D eigenvalue weighted by molar-refractivity contribution is 6.47. The minimum atomic E-state index is -0.630. The van der Waals surface area contributed by atoms with Crippen molar-refractivity contribution < 1.29 is 19.5 Å². The van der Waals surface area contributed by atoms with Crippen LogP contribution in [0.25, 0.3) is 0 Å². The van der Waals surface area contributed by atoms with Gasteiger partial charge in [0.1, 0.15) is 11.4 Å². The molecule has 3 aliphatic rings. The molecule has 2 aromatic rings. The number of nitrogens with one attached hydrogen (secondary N) is 1. The minimum absolute atomic E-state index is 0.0917. The van der Waals surface area contributed by atoms with E-state index in [0.717, 1.165) is 50.6 Å². The minimum Gasteiger partial charge on any atom is -0.483 e. The normalized spacial score (nSPS) is 22.7. The zero-order valence-corrected chi connectivity index (χ0v) is 26.2. The molecule has 1 aliphatic heterocycles. The Hall–Kier alpha value is -2.97. The number of carbonyl (C=O) groups is 3. The molecule has 2 saturated carbocycles. The zero-order valence-electron chi connectivity index (χ0n) is 24.7. The molecule has 226 valence electrons. The monoisotopic (exact) mass is 614 g/mol. The molecule has 10 heteroatoms. The number of rotatable bonds is 7. The van der Waals surface area contributed by atoms with Crippen molar-refractivity contribution in [3.8, 4) is 0 Å². The number of amides is 2. The molecule has 0 bridgehead atoms. The van der Waals surface area contributed by atoms with Crippen molar-refractivity contribution in [3.05, 3.63) is 63.4 Å². The third kappa shape index (κ3) is 6.97. The lowest BCUT2D eigenvalue weighted by atomic mass is 9.69. The second-order valence-electron chi connectivity index (χ2n) is 12.5. The Balaban J connectivity index is 0.00000129. The third-order valence-electron chi connectivity index (χ3n) is 8.57. The summed E-state index contributed by atoms with van der Waals surface area (Å²) < 4.78 is 0. The largest absolute Gasteiger partial charge is 0.483 e. The molecule has 42 heavy (non-hydrogen) atoms. The van der Waals surface area contributed by atoms with Crippen molar-refractivity contribution in [1.29, 1.82) is 0 Å². The highest BCUT2D eigenvalue weighted by Gasteiger charge is 2.55. The molecule has 0 saturated heterocycles. The van der Waals surface area contributed by atoms with Gasteiger partial charge in [0.05, 0.1) is 17.3 Å². The number of pyridine rings is 1. The third-order valence-corrected chi connectivity index (χ3v) is 9.01. The van der Waals surface area contributed by atoms with Gasteiger partial charge in [0.2, 0.25) is 0 Å². The predicted molar refractivity (Wildman–Crippen MR) is 165 cm³/mol. The quantitative estimate of drug-likeness (QED) is 0.328. The van der Waals surface area contributed by atoms with Crippen LogP contribution in [0, 0.1) is 17.3 Å². The van der Waals surface area contributed by atoms with Crippen LogP contribution >= 0.6 is 23.2 Å². The molecule has 1 unspecified atom stereocenters. The molecule has 1 atom stereocenters. The number of hydrogen-bond acceptors (Lipinski definition) is 5. The summed E-state index contributed by atoms with van der Waals surface area (Å²) in [5, 5.41) is 10.8. The highest BCUT2D eigenvalue weighted by Crippen LogP contribution is 2.53. The molecule has 1 aromatic heterocycles. The lowest BCUT2D eigenvalue weighted by molar-refractivity contribution is -0.134. The Morgan fingerprint density at radius 2 is 1.76 bits per heavy atom. The SMILES string of the molecule is CCCNC(=O)c1ccc(C(C2CC2)N2C(=O)C(c3cc(Cl)cc(Cl)c3)=NC23CCC(C(C)(C)C)CC3)nc1.O=CO. The summed E-state index contributed by atoms with van der Waals surface area (Å²) in [6.45, 7) is 9.29. The average Bonchev–Trinajstić information content (AvgIpc) is 3.74. The van der Waals surface area contributed by atoms with E-state index < -0.39 is 5.66 Å². The second-order valence-corrected chi connectivity index (χ2v) is 13.4. The van der Waals surface area contributed by atoms with Gasteiger partial charge in [-0.2, -0.15) is 0 Å². The van der Waals surface area contributed by atoms with Gasteiger partial charge in [0, 0.05) is 28.4 Å². The fraction of sp³-hybridized carbons (Fsp3) is 0.531. The van der Waals surface area contributed by atoms with Gasteiger partial charge in [-0.1, -0.05) is 50.9 Å². The van der Waals surface area contributed by atoms with Crippen molar-refractivity contribution in [2.75, 3.05) is 6.54 Å². The number of hydrogen-bond donors (Lipinski definition) is 2. The number of aromatic nitrogens is 1. The number of aliphatic imine (C=N–C) groups is 1. The molecule has 2 aliphatic carbocycles. The molecule has 2 fully saturated rings. The van der Waals surface area contributed by atoms with Crippen LogP contribution in [-0.2, 0) is 9.59 Å². The molecule has 8 nitrogen and oxygen atoms in total. The maximum Gasteiger partial charge on any atom is 0.290 e. The van der Waals surface area contributed by atoms with Gasteiger partial charge >= 0.3 is 0 Å². The fourth-order valence-corrected chi connectivity index (χ4v) is 6.75. The summed E-state index contributed by atoms with van der Waals surface area (Å²) >= 11 is 12.7. The van der Waals surface area contributed by atoms with Crippen LogP contribution in [0.3, 0.4) is 0 Å². The van der Waals surface area contributed by atoms with Gasteiger partial charge in [-0.25, -0.2) is 0 Å². The first kappa shape index (κ1) is 32.0. The Morgan fingerprint density at radius 3 is 2.26 bits per heavy atom. The molecule has 2 heterocycles. The zero-order chi connectivity index (χ0) is 30.7. The Morgan fingerprint density at radius 1 is 1.14 bits per heavy atom. The Labute approximate surface area is 257 Å². The maximum absolute atomic E-state index is 14.3. The molecule has 1 spiro atoms. The predicted octanol–water partition coefficient (Wildman–Crippen LogP) is 6.94. The van der Waals surface area contributed by atoms with Gasteiger partial charge < -0.3 is 15.3 Å². The van der Waals surface area contributed by atoms with E-state index in [9.17, 15) is 9.59 Å². The van der Waals surface area contributed by atoms with E-state index in [4.69, 9.17) is 43.1 Å². The van der Waals surface area contributed by atoms with E-state index >= 15 is 0 Å². The summed E-state index contributed by atoms with van der Waals surface area (Å²) in [4.78, 5) is 47.2. The lowest BCUT2D eigenvalue weighted by Crippen LogP contribution is -2.52. The maximum atomic E-state index is 14.3. The van der Waals surface area contributed by atoms with Crippen LogP contribution in [0.1, 0.15) is 100 Å². The lowest BCUT2D eigenvalue weighted by Gasteiger charge is -2.47. The summed E-state index contributed by atoms with van der Waals surface area (Å²) in [5.74, 6) is 0.664. The molecular formula is C32H40Cl2N4O4. The summed E-state index contributed by atoms with van der Waals surface area (Å²) in [6, 6.07) is 8.76. The van der Waals surface area contributed by atoms with Crippen LogP contribution in [0.5, 0.6) is 0 Å². The van der Waals surface area contributed by atoms with Crippen LogP contribution in [0.2, 0.25) is 10.0 Å². The van der Waals surface area contributed by atoms with E-state index in [1.807, 2.05) is 24.0 Å². The number of nitrogens with zero attached hydrogens (tertiary/aromatic N) is 3. The van der Waals surface area contributed by atoms with Crippen molar-refractivity contribution >= 4 is 47.2 Å². The van der Waals surface area contributed by atoms with Gasteiger partial charge in [0.25, 0.3) is 18.3 Å². The molecular weight excluding hydrogens is 575 g/mol. The van der Waals surface area contributed by atoms with Crippen molar-refractivity contribution in [2.45, 2.75) is 84.3 Å². The van der Waals surface area contributed by atoms with Crippen molar-refractivity contribution in [2.24, 2.45) is 22.2 Å². The molecule has 0 radical (unpaired) electrons. The first-order valence-corrected chi connectivity index (χ1v) is 15.4. The number of carbonyl (C=O) groups excluding carboxylic acids is 2. The van der Waals surface area contributed by atoms with E-state index in [-0.39, 0.29) is 29.7 Å². The van der Waals surface area contributed by atoms with Gasteiger partial charge in [-0.05, 0) is 92.5 Å². The Bertz CT molecular complexity index is 1310.